The van der Waals surface area contributed by atoms with Crippen LogP contribution in [0.25, 0.3) is 0 Å². The second-order valence-electron chi connectivity index (χ2n) is 4.96. The Morgan fingerprint density at radius 2 is 2.33 bits per heavy atom. The van der Waals surface area contributed by atoms with Gasteiger partial charge in [-0.1, -0.05) is 13.3 Å². The first-order valence-corrected chi connectivity index (χ1v) is 6.84. The van der Waals surface area contributed by atoms with Gasteiger partial charge >= 0.3 is 0 Å². The molecule has 0 radical (unpaired) electrons. The summed E-state index contributed by atoms with van der Waals surface area (Å²) in [5, 5.41) is 4.85. The van der Waals surface area contributed by atoms with Crippen LogP contribution in [-0.2, 0) is 13.0 Å². The van der Waals surface area contributed by atoms with Gasteiger partial charge in [-0.15, -0.1) is 11.3 Å². The largest absolute Gasteiger partial charge is 0.311 e. The van der Waals surface area contributed by atoms with Gasteiger partial charge in [0.1, 0.15) is 0 Å². The molecule has 0 spiro atoms. The molecule has 2 unspecified atom stereocenters. The molecule has 2 heterocycles. The summed E-state index contributed by atoms with van der Waals surface area (Å²) in [5.41, 5.74) is 1.38. The number of aromatic nitrogens is 1. The van der Waals surface area contributed by atoms with E-state index < -0.39 is 0 Å². The number of hydrogen-bond acceptors (Lipinski definition) is 3. The molecule has 1 saturated carbocycles. The highest BCUT2D eigenvalue weighted by molar-refractivity contribution is 7.11. The smallest absolute Gasteiger partial charge is 0.0962 e. The number of fused-ring (bicyclic) bond motifs is 1. The Bertz CT molecular complexity index is 335. The molecule has 3 rings (SSSR count). The van der Waals surface area contributed by atoms with Crippen molar-refractivity contribution in [2.75, 3.05) is 6.54 Å². The summed E-state index contributed by atoms with van der Waals surface area (Å²) in [5.74, 6) is 1.68. The monoisotopic (exact) mass is 222 g/mol. The molecule has 0 aromatic carbocycles. The molecule has 1 aromatic heterocycles. The Labute approximate surface area is 95.1 Å². The summed E-state index contributed by atoms with van der Waals surface area (Å²) in [6.07, 6.45) is 5.25. The second-order valence-corrected chi connectivity index (χ2v) is 6.08. The highest BCUT2D eigenvalue weighted by Crippen LogP contribution is 2.40. The predicted octanol–water partition coefficient (Wildman–Crippen LogP) is 2.69. The zero-order valence-corrected chi connectivity index (χ0v) is 10.1. The summed E-state index contributed by atoms with van der Waals surface area (Å²) in [6, 6.07) is 0. The topological polar surface area (TPSA) is 24.9 Å². The minimum absolute atomic E-state index is 0.774. The van der Waals surface area contributed by atoms with Crippen molar-refractivity contribution in [2.24, 2.45) is 5.92 Å². The quantitative estimate of drug-likeness (QED) is 0.790. The van der Waals surface area contributed by atoms with Crippen molar-refractivity contribution in [3.8, 4) is 0 Å². The third kappa shape index (κ3) is 1.83. The van der Waals surface area contributed by atoms with Crippen LogP contribution in [0.15, 0.2) is 0 Å². The average molecular weight is 222 g/mol. The highest BCUT2D eigenvalue weighted by atomic mass is 32.1. The third-order valence-electron chi connectivity index (χ3n) is 3.66. The second kappa shape index (κ2) is 3.87. The number of nitrogens with zero attached hydrogens (tertiary/aromatic N) is 1. The molecule has 2 aliphatic rings. The summed E-state index contributed by atoms with van der Waals surface area (Å²) in [4.78, 5) is 6.34. The van der Waals surface area contributed by atoms with Crippen molar-refractivity contribution < 1.29 is 0 Å². The van der Waals surface area contributed by atoms with Crippen molar-refractivity contribution in [1.29, 1.82) is 0 Å². The molecule has 1 fully saturated rings. The number of rotatable bonds is 1. The van der Waals surface area contributed by atoms with E-state index in [1.165, 1.54) is 34.8 Å². The average Bonchev–Trinajstić information content (AvgIpc) is 2.82. The van der Waals surface area contributed by atoms with E-state index in [0.29, 0.717) is 0 Å². The van der Waals surface area contributed by atoms with E-state index in [2.05, 4.69) is 12.2 Å². The number of hydrogen-bond donors (Lipinski definition) is 1. The molecule has 3 heteroatoms. The maximum Gasteiger partial charge on any atom is 0.0962 e. The molecule has 0 bridgehead atoms. The van der Waals surface area contributed by atoms with Crippen LogP contribution in [0, 0.1) is 5.92 Å². The molecule has 1 aromatic rings. The van der Waals surface area contributed by atoms with Gasteiger partial charge in [0.15, 0.2) is 0 Å². The van der Waals surface area contributed by atoms with Gasteiger partial charge in [0.2, 0.25) is 0 Å². The molecule has 2 nitrogen and oxygen atoms in total. The van der Waals surface area contributed by atoms with Crippen LogP contribution in [0.5, 0.6) is 0 Å². The molecule has 0 amide bonds. The first kappa shape index (κ1) is 9.79. The molecule has 82 valence electrons. The maximum absolute atomic E-state index is 4.85. The predicted molar refractivity (Wildman–Crippen MR) is 63.3 cm³/mol. The van der Waals surface area contributed by atoms with Crippen molar-refractivity contribution in [2.45, 2.75) is 45.1 Å². The summed E-state index contributed by atoms with van der Waals surface area (Å²) in [6.45, 7) is 4.53. The van der Waals surface area contributed by atoms with Gasteiger partial charge in [0.25, 0.3) is 0 Å². The molecule has 2 atom stereocenters. The van der Waals surface area contributed by atoms with E-state index in [1.54, 1.807) is 0 Å². The normalized spacial score (nSPS) is 30.5. The van der Waals surface area contributed by atoms with Gasteiger partial charge in [0, 0.05) is 30.3 Å². The Morgan fingerprint density at radius 3 is 3.07 bits per heavy atom. The van der Waals surface area contributed by atoms with Gasteiger partial charge in [-0.2, -0.15) is 0 Å². The van der Waals surface area contributed by atoms with Crippen molar-refractivity contribution in [3.63, 3.8) is 0 Å². The summed E-state index contributed by atoms with van der Waals surface area (Å²) >= 11 is 1.96. The number of thiazole rings is 1. The van der Waals surface area contributed by atoms with Crippen LogP contribution in [0.3, 0.4) is 0 Å². The maximum atomic E-state index is 4.85. The highest BCUT2D eigenvalue weighted by Gasteiger charge is 2.26. The van der Waals surface area contributed by atoms with Crippen LogP contribution in [0.2, 0.25) is 0 Å². The van der Waals surface area contributed by atoms with E-state index >= 15 is 0 Å². The fourth-order valence-corrected chi connectivity index (χ4v) is 3.98. The van der Waals surface area contributed by atoms with Crippen LogP contribution < -0.4 is 5.32 Å². The van der Waals surface area contributed by atoms with E-state index in [4.69, 9.17) is 4.98 Å². The fourth-order valence-electron chi connectivity index (χ4n) is 2.75. The molecule has 0 saturated heterocycles. The van der Waals surface area contributed by atoms with Crippen molar-refractivity contribution in [1.82, 2.24) is 10.3 Å². The molecule has 1 aliphatic heterocycles. The molecular formula is C12H18N2S. The van der Waals surface area contributed by atoms with E-state index in [1.807, 2.05) is 11.3 Å². The zero-order valence-electron chi connectivity index (χ0n) is 9.25. The lowest BCUT2D eigenvalue weighted by atomic mass is 10.1. The van der Waals surface area contributed by atoms with E-state index in [9.17, 15) is 0 Å². The van der Waals surface area contributed by atoms with Crippen molar-refractivity contribution in [3.05, 3.63) is 15.6 Å². The molecule has 15 heavy (non-hydrogen) atoms. The third-order valence-corrected chi connectivity index (χ3v) is 4.92. The molecular weight excluding hydrogens is 204 g/mol. The van der Waals surface area contributed by atoms with Gasteiger partial charge in [0.05, 0.1) is 10.7 Å². The van der Waals surface area contributed by atoms with Crippen LogP contribution >= 0.6 is 11.3 Å². The Hall–Kier alpha value is -0.410. The van der Waals surface area contributed by atoms with E-state index in [-0.39, 0.29) is 0 Å². The SMILES string of the molecule is CC1CCC(c2nc3c(s2)CNCC3)C1. The van der Waals surface area contributed by atoms with Gasteiger partial charge in [-0.3, -0.25) is 0 Å². The number of nitrogens with one attached hydrogen (secondary N) is 1. The lowest BCUT2D eigenvalue weighted by molar-refractivity contribution is 0.594. The van der Waals surface area contributed by atoms with Crippen LogP contribution in [0.4, 0.5) is 0 Å². The lowest BCUT2D eigenvalue weighted by Crippen LogP contribution is -2.22. The first-order valence-electron chi connectivity index (χ1n) is 6.02. The first-order chi connectivity index (χ1) is 7.33. The Morgan fingerprint density at radius 1 is 1.40 bits per heavy atom. The van der Waals surface area contributed by atoms with Crippen LogP contribution in [0.1, 0.15) is 47.7 Å². The van der Waals surface area contributed by atoms with E-state index in [0.717, 1.165) is 31.3 Å². The molecule has 1 N–H and O–H groups in total. The van der Waals surface area contributed by atoms with Gasteiger partial charge in [-0.05, 0) is 18.8 Å². The zero-order chi connectivity index (χ0) is 10.3. The fraction of sp³-hybridized carbons (Fsp3) is 0.750. The summed E-state index contributed by atoms with van der Waals surface area (Å²) in [7, 11) is 0. The standard InChI is InChI=1S/C12H18N2S/c1-8-2-3-9(6-8)12-14-10-4-5-13-7-11(10)15-12/h8-9,13H,2-7H2,1H3. The van der Waals surface area contributed by atoms with Crippen LogP contribution in [-0.4, -0.2) is 11.5 Å². The van der Waals surface area contributed by atoms with Gasteiger partial charge < -0.3 is 5.32 Å². The van der Waals surface area contributed by atoms with Crippen molar-refractivity contribution >= 4 is 11.3 Å². The lowest BCUT2D eigenvalue weighted by Gasteiger charge is -2.09. The Kier molecular flexibility index (Phi) is 2.53. The Balaban J connectivity index is 1.83. The minimum atomic E-state index is 0.774. The molecule has 1 aliphatic carbocycles. The minimum Gasteiger partial charge on any atom is -0.311 e. The van der Waals surface area contributed by atoms with Gasteiger partial charge in [-0.25, -0.2) is 4.98 Å². The summed E-state index contributed by atoms with van der Waals surface area (Å²) < 4.78 is 0.